The molecule has 3 rings (SSSR count). The van der Waals surface area contributed by atoms with E-state index in [9.17, 15) is 4.79 Å². The molecule has 0 saturated carbocycles. The quantitative estimate of drug-likeness (QED) is 0.853. The van der Waals surface area contributed by atoms with Crippen molar-refractivity contribution in [3.63, 3.8) is 0 Å². The van der Waals surface area contributed by atoms with Crippen LogP contribution in [0.2, 0.25) is 0 Å². The van der Waals surface area contributed by atoms with E-state index in [2.05, 4.69) is 17.0 Å². The standard InChI is InChI=1S/C15H21N5O/c1-9-8-19(5-4-13(9)16)15(21)12-7-17-20-11(3)6-10(2)18-14(12)20/h6-7,9,13H,4-5,8,16H2,1-3H3. The first-order chi connectivity index (χ1) is 9.97. The van der Waals surface area contributed by atoms with Crippen LogP contribution in [0.4, 0.5) is 0 Å². The predicted molar refractivity (Wildman–Crippen MR) is 80.1 cm³/mol. The lowest BCUT2D eigenvalue weighted by Gasteiger charge is -2.34. The maximum absolute atomic E-state index is 12.7. The van der Waals surface area contributed by atoms with E-state index in [1.54, 1.807) is 10.7 Å². The first kappa shape index (κ1) is 14.0. The molecule has 2 N–H and O–H groups in total. The number of fused-ring (bicyclic) bond motifs is 1. The zero-order valence-corrected chi connectivity index (χ0v) is 12.7. The third-order valence-corrected chi connectivity index (χ3v) is 4.27. The molecule has 2 unspecified atom stereocenters. The van der Waals surface area contributed by atoms with Crippen LogP contribution in [-0.2, 0) is 0 Å². The number of aromatic nitrogens is 3. The molecular weight excluding hydrogens is 266 g/mol. The van der Waals surface area contributed by atoms with Crippen LogP contribution < -0.4 is 5.73 Å². The fourth-order valence-corrected chi connectivity index (χ4v) is 2.94. The van der Waals surface area contributed by atoms with Crippen molar-refractivity contribution >= 4 is 11.6 Å². The molecule has 1 aliphatic rings. The van der Waals surface area contributed by atoms with E-state index in [1.165, 1.54) is 0 Å². The van der Waals surface area contributed by atoms with Gasteiger partial charge in [-0.25, -0.2) is 9.50 Å². The Balaban J connectivity index is 1.95. The highest BCUT2D eigenvalue weighted by molar-refractivity contribution is 5.99. The Hall–Kier alpha value is -1.95. The maximum atomic E-state index is 12.7. The lowest BCUT2D eigenvalue weighted by molar-refractivity contribution is 0.0666. The number of rotatable bonds is 1. The summed E-state index contributed by atoms with van der Waals surface area (Å²) in [5.74, 6) is 0.322. The number of nitrogens with zero attached hydrogens (tertiary/aromatic N) is 4. The molecule has 6 heteroatoms. The van der Waals surface area contributed by atoms with Crippen molar-refractivity contribution in [1.82, 2.24) is 19.5 Å². The largest absolute Gasteiger partial charge is 0.338 e. The van der Waals surface area contributed by atoms with Crippen molar-refractivity contribution in [2.45, 2.75) is 33.2 Å². The van der Waals surface area contributed by atoms with Crippen LogP contribution in [0.5, 0.6) is 0 Å². The van der Waals surface area contributed by atoms with E-state index >= 15 is 0 Å². The molecule has 6 nitrogen and oxygen atoms in total. The van der Waals surface area contributed by atoms with E-state index in [0.717, 1.165) is 17.8 Å². The number of amides is 1. The van der Waals surface area contributed by atoms with Crippen molar-refractivity contribution in [1.29, 1.82) is 0 Å². The predicted octanol–water partition coefficient (Wildman–Crippen LogP) is 1.16. The third kappa shape index (κ3) is 2.40. The number of piperidine rings is 1. The molecular formula is C15H21N5O. The summed E-state index contributed by atoms with van der Waals surface area (Å²) >= 11 is 0. The summed E-state index contributed by atoms with van der Waals surface area (Å²) in [6.07, 6.45) is 2.47. The number of nitrogens with two attached hydrogens (primary N) is 1. The monoisotopic (exact) mass is 287 g/mol. The van der Waals surface area contributed by atoms with Crippen LogP contribution in [0.1, 0.15) is 35.1 Å². The lowest BCUT2D eigenvalue weighted by atomic mass is 9.94. The van der Waals surface area contributed by atoms with Gasteiger partial charge in [0.05, 0.1) is 6.20 Å². The Morgan fingerprint density at radius 1 is 1.43 bits per heavy atom. The first-order valence-electron chi connectivity index (χ1n) is 7.34. The van der Waals surface area contributed by atoms with Crippen molar-refractivity contribution in [2.24, 2.45) is 11.7 Å². The summed E-state index contributed by atoms with van der Waals surface area (Å²) in [5, 5.41) is 4.29. The summed E-state index contributed by atoms with van der Waals surface area (Å²) in [5.41, 5.74) is 9.10. The van der Waals surface area contributed by atoms with Crippen LogP contribution in [0, 0.1) is 19.8 Å². The van der Waals surface area contributed by atoms with Gasteiger partial charge in [0.15, 0.2) is 5.65 Å². The zero-order valence-electron chi connectivity index (χ0n) is 12.7. The first-order valence-corrected chi connectivity index (χ1v) is 7.34. The molecule has 0 aliphatic carbocycles. The molecule has 1 aliphatic heterocycles. The smallest absolute Gasteiger partial charge is 0.259 e. The molecule has 112 valence electrons. The number of hydrogen-bond donors (Lipinski definition) is 1. The summed E-state index contributed by atoms with van der Waals surface area (Å²) in [6.45, 7) is 7.38. The number of carbonyl (C=O) groups is 1. The van der Waals surface area contributed by atoms with Crippen LogP contribution >= 0.6 is 0 Å². The van der Waals surface area contributed by atoms with Crippen LogP contribution in [0.15, 0.2) is 12.3 Å². The highest BCUT2D eigenvalue weighted by atomic mass is 16.2. The minimum atomic E-state index is 0.00116. The molecule has 1 amide bonds. The van der Waals surface area contributed by atoms with Gasteiger partial charge in [0.2, 0.25) is 0 Å². The number of aryl methyl sites for hydroxylation is 2. The molecule has 1 saturated heterocycles. The molecule has 0 spiro atoms. The Bertz CT molecular complexity index is 693. The molecule has 2 aromatic rings. The van der Waals surface area contributed by atoms with Crippen molar-refractivity contribution in [3.05, 3.63) is 29.2 Å². The zero-order chi connectivity index (χ0) is 15.1. The number of carbonyl (C=O) groups excluding carboxylic acids is 1. The van der Waals surface area contributed by atoms with Gasteiger partial charge in [-0.1, -0.05) is 6.92 Å². The van der Waals surface area contributed by atoms with Gasteiger partial charge in [-0.05, 0) is 32.3 Å². The normalized spacial score (nSPS) is 22.8. The minimum absolute atomic E-state index is 0.00116. The van der Waals surface area contributed by atoms with Crippen LogP contribution in [0.25, 0.3) is 5.65 Å². The Morgan fingerprint density at radius 3 is 2.90 bits per heavy atom. The van der Waals surface area contributed by atoms with Crippen molar-refractivity contribution in [3.8, 4) is 0 Å². The Kier molecular flexibility index (Phi) is 3.41. The number of likely N-dealkylation sites (tertiary alicyclic amines) is 1. The number of hydrogen-bond acceptors (Lipinski definition) is 4. The highest BCUT2D eigenvalue weighted by Gasteiger charge is 2.28. The second kappa shape index (κ2) is 5.11. The fraction of sp³-hybridized carbons (Fsp3) is 0.533. The second-order valence-corrected chi connectivity index (χ2v) is 6.01. The molecule has 3 heterocycles. The Morgan fingerprint density at radius 2 is 2.19 bits per heavy atom. The third-order valence-electron chi connectivity index (χ3n) is 4.27. The summed E-state index contributed by atoms with van der Waals surface area (Å²) in [7, 11) is 0. The van der Waals surface area contributed by atoms with Gasteiger partial charge in [0.25, 0.3) is 5.91 Å². The maximum Gasteiger partial charge on any atom is 0.259 e. The van der Waals surface area contributed by atoms with Crippen molar-refractivity contribution < 1.29 is 4.79 Å². The fourth-order valence-electron chi connectivity index (χ4n) is 2.94. The molecule has 0 aromatic carbocycles. The van der Waals surface area contributed by atoms with Gasteiger partial charge in [-0.2, -0.15) is 5.10 Å². The van der Waals surface area contributed by atoms with E-state index in [-0.39, 0.29) is 11.9 Å². The van der Waals surface area contributed by atoms with Gasteiger partial charge < -0.3 is 10.6 Å². The molecule has 21 heavy (non-hydrogen) atoms. The van der Waals surface area contributed by atoms with E-state index in [0.29, 0.717) is 30.2 Å². The van der Waals surface area contributed by atoms with Crippen molar-refractivity contribution in [2.75, 3.05) is 13.1 Å². The minimum Gasteiger partial charge on any atom is -0.338 e. The molecule has 2 aromatic heterocycles. The van der Waals surface area contributed by atoms with Gasteiger partial charge in [-0.3, -0.25) is 4.79 Å². The molecule has 0 radical (unpaired) electrons. The Labute approximate surface area is 123 Å². The summed E-state index contributed by atoms with van der Waals surface area (Å²) in [4.78, 5) is 19.1. The lowest BCUT2D eigenvalue weighted by Crippen LogP contribution is -2.48. The van der Waals surface area contributed by atoms with Gasteiger partial charge in [-0.15, -0.1) is 0 Å². The second-order valence-electron chi connectivity index (χ2n) is 6.01. The molecule has 0 bridgehead atoms. The summed E-state index contributed by atoms with van der Waals surface area (Å²) < 4.78 is 1.72. The van der Waals surface area contributed by atoms with E-state index in [1.807, 2.05) is 24.8 Å². The average Bonchev–Trinajstić information content (AvgIpc) is 2.85. The summed E-state index contributed by atoms with van der Waals surface area (Å²) in [6, 6.07) is 2.14. The van der Waals surface area contributed by atoms with Gasteiger partial charge in [0.1, 0.15) is 5.56 Å². The van der Waals surface area contributed by atoms with Gasteiger partial charge >= 0.3 is 0 Å². The highest BCUT2D eigenvalue weighted by Crippen LogP contribution is 2.19. The molecule has 1 fully saturated rings. The average molecular weight is 287 g/mol. The van der Waals surface area contributed by atoms with Gasteiger partial charge in [0, 0.05) is 30.5 Å². The SMILES string of the molecule is Cc1cc(C)n2ncc(C(=O)N3CCC(N)C(C)C3)c2n1. The van der Waals surface area contributed by atoms with Crippen LogP contribution in [-0.4, -0.2) is 44.5 Å². The topological polar surface area (TPSA) is 76.5 Å². The molecule has 2 atom stereocenters. The van der Waals surface area contributed by atoms with E-state index < -0.39 is 0 Å². The van der Waals surface area contributed by atoms with Crippen LogP contribution in [0.3, 0.4) is 0 Å². The van der Waals surface area contributed by atoms with E-state index in [4.69, 9.17) is 5.73 Å².